The van der Waals surface area contributed by atoms with Gasteiger partial charge in [-0.1, -0.05) is 0 Å². The molecule has 1 aliphatic rings. The quantitative estimate of drug-likeness (QED) is 0.524. The lowest BCUT2D eigenvalue weighted by atomic mass is 10.3. The summed E-state index contributed by atoms with van der Waals surface area (Å²) in [6, 6.07) is 0. The normalized spacial score (nSPS) is 30.5. The molecule has 1 unspecified atom stereocenters. The third-order valence-corrected chi connectivity index (χ3v) is 1.95. The number of likely N-dealkylation sites (N-methyl/N-ethyl adjacent to an activating group) is 1. The van der Waals surface area contributed by atoms with E-state index < -0.39 is 0 Å². The van der Waals surface area contributed by atoms with Crippen molar-refractivity contribution in [2.45, 2.75) is 6.92 Å². The Labute approximate surface area is 65.2 Å². The van der Waals surface area contributed by atoms with Gasteiger partial charge in [-0.3, -0.25) is 0 Å². The molecule has 0 spiro atoms. The Morgan fingerprint density at radius 3 is 2.64 bits per heavy atom. The van der Waals surface area contributed by atoms with Gasteiger partial charge in [-0.15, -0.1) is 0 Å². The highest BCUT2D eigenvalue weighted by Gasteiger charge is 2.29. The first-order valence-electron chi connectivity index (χ1n) is 3.54. The van der Waals surface area contributed by atoms with Gasteiger partial charge in [0.2, 0.25) is 0 Å². The van der Waals surface area contributed by atoms with Gasteiger partial charge in [-0.2, -0.15) is 0 Å². The summed E-state index contributed by atoms with van der Waals surface area (Å²) < 4.78 is 12.7. The van der Waals surface area contributed by atoms with E-state index in [1.165, 1.54) is 18.4 Å². The Hall–Kier alpha value is -0.960. The molecule has 0 saturated heterocycles. The van der Waals surface area contributed by atoms with E-state index in [2.05, 4.69) is 0 Å². The van der Waals surface area contributed by atoms with E-state index in [4.69, 9.17) is 0 Å². The molecule has 0 fully saturated rings. The topological polar surface area (TPSA) is 17.1 Å². The van der Waals surface area contributed by atoms with Crippen molar-refractivity contribution in [2.75, 3.05) is 13.6 Å². The van der Waals surface area contributed by atoms with Crippen LogP contribution in [0.3, 0.4) is 0 Å². The minimum atomic E-state index is -0.339. The molecule has 0 radical (unpaired) electrons. The molecule has 1 rings (SSSR count). The van der Waals surface area contributed by atoms with Crippen LogP contribution in [0.25, 0.3) is 0 Å². The summed E-state index contributed by atoms with van der Waals surface area (Å²) in [7, 11) is 1.69. The monoisotopic (exact) mass is 156 g/mol. The average molecular weight is 156 g/mol. The van der Waals surface area contributed by atoms with Gasteiger partial charge in [0.05, 0.1) is 13.6 Å². The highest BCUT2D eigenvalue weighted by molar-refractivity contribution is 5.83. The number of amides is 1. The molecule has 0 aromatic heterocycles. The van der Waals surface area contributed by atoms with Crippen molar-refractivity contribution in [3.8, 4) is 0 Å². The second-order valence-corrected chi connectivity index (χ2v) is 2.77. The van der Waals surface area contributed by atoms with Crippen molar-refractivity contribution >= 4 is 5.91 Å². The summed E-state index contributed by atoms with van der Waals surface area (Å²) in [4.78, 5) is 11.2. The van der Waals surface area contributed by atoms with Crippen molar-refractivity contribution < 1.29 is 13.7 Å². The van der Waals surface area contributed by atoms with Gasteiger partial charge in [-0.25, -0.2) is 13.7 Å². The summed E-state index contributed by atoms with van der Waals surface area (Å²) in [5.74, 6) is -0.414. The predicted molar refractivity (Wildman–Crippen MR) is 40.1 cm³/mol. The first-order valence-corrected chi connectivity index (χ1v) is 3.54. The van der Waals surface area contributed by atoms with Gasteiger partial charge in [0.25, 0.3) is 0 Å². The van der Waals surface area contributed by atoms with Gasteiger partial charge in [0.15, 0.2) is 5.83 Å². The van der Waals surface area contributed by atoms with Crippen LogP contribution in [0.2, 0.25) is 0 Å². The van der Waals surface area contributed by atoms with Crippen molar-refractivity contribution in [3.05, 3.63) is 24.2 Å². The lowest BCUT2D eigenvalue weighted by Gasteiger charge is -2.25. The van der Waals surface area contributed by atoms with Crippen LogP contribution in [0.5, 0.6) is 0 Å². The van der Waals surface area contributed by atoms with Crippen LogP contribution in [-0.4, -0.2) is 24.0 Å². The number of halogens is 1. The number of carbonyl (C=O) groups excluding carboxylic acids is 1. The van der Waals surface area contributed by atoms with E-state index in [-0.39, 0.29) is 16.2 Å². The zero-order valence-electron chi connectivity index (χ0n) is 6.67. The summed E-state index contributed by atoms with van der Waals surface area (Å²) in [5.41, 5.74) is 0. The molecule has 1 amide bonds. The molecule has 2 nitrogen and oxygen atoms in total. The highest BCUT2D eigenvalue weighted by atomic mass is 19.1. The lowest BCUT2D eigenvalue weighted by Crippen LogP contribution is -2.44. The van der Waals surface area contributed by atoms with Crippen molar-refractivity contribution in [1.29, 1.82) is 0 Å². The summed E-state index contributed by atoms with van der Waals surface area (Å²) in [6.07, 6.45) is 3.79. The van der Waals surface area contributed by atoms with Crippen LogP contribution >= 0.6 is 0 Å². The lowest BCUT2D eigenvalue weighted by molar-refractivity contribution is -0.778. The summed E-state index contributed by atoms with van der Waals surface area (Å²) in [5, 5.41) is 0. The van der Waals surface area contributed by atoms with E-state index in [9.17, 15) is 9.18 Å². The number of quaternary nitrogens is 1. The molecule has 0 aromatic carbocycles. The second-order valence-electron chi connectivity index (χ2n) is 2.77. The first-order chi connectivity index (χ1) is 5.08. The fourth-order valence-corrected chi connectivity index (χ4v) is 0.947. The molecule has 11 heavy (non-hydrogen) atoms. The van der Waals surface area contributed by atoms with Gasteiger partial charge >= 0.3 is 5.91 Å². The van der Waals surface area contributed by atoms with E-state index in [1.54, 1.807) is 7.05 Å². The Morgan fingerprint density at radius 2 is 2.18 bits per heavy atom. The van der Waals surface area contributed by atoms with Gasteiger partial charge in [0, 0.05) is 6.08 Å². The zero-order chi connectivity index (χ0) is 8.48. The smallest absolute Gasteiger partial charge is 0.231 e. The molecule has 0 N–H and O–H groups in total. The molecular formula is C8H11FNO+. The maximum atomic E-state index is 12.6. The Balaban J connectivity index is 2.98. The third kappa shape index (κ3) is 1.38. The van der Waals surface area contributed by atoms with E-state index in [0.717, 1.165) is 0 Å². The van der Waals surface area contributed by atoms with Crippen LogP contribution in [0, 0.1) is 0 Å². The molecule has 1 atom stereocenters. The van der Waals surface area contributed by atoms with Gasteiger partial charge in [0.1, 0.15) is 6.20 Å². The van der Waals surface area contributed by atoms with Crippen molar-refractivity contribution in [3.63, 3.8) is 0 Å². The molecule has 0 aliphatic carbocycles. The fraction of sp³-hybridized carbons (Fsp3) is 0.375. The largest absolute Gasteiger partial charge is 0.343 e. The Morgan fingerprint density at radius 1 is 1.55 bits per heavy atom. The Kier molecular flexibility index (Phi) is 1.91. The van der Waals surface area contributed by atoms with Crippen LogP contribution in [0.1, 0.15) is 6.92 Å². The number of rotatable bonds is 1. The van der Waals surface area contributed by atoms with E-state index in [1.807, 2.05) is 6.92 Å². The fourth-order valence-electron chi connectivity index (χ4n) is 0.947. The van der Waals surface area contributed by atoms with E-state index >= 15 is 0 Å². The molecule has 3 heteroatoms. The molecule has 1 aliphatic heterocycles. The van der Waals surface area contributed by atoms with Crippen molar-refractivity contribution in [1.82, 2.24) is 0 Å². The molecular weight excluding hydrogens is 145 g/mol. The predicted octanol–water partition coefficient (Wildman–Crippen LogP) is 1.36. The average Bonchev–Trinajstić information content (AvgIpc) is 1.98. The Bertz CT molecular complexity index is 244. The van der Waals surface area contributed by atoms with Crippen LogP contribution in [-0.2, 0) is 4.79 Å². The molecule has 0 aromatic rings. The first kappa shape index (κ1) is 8.14. The third-order valence-electron chi connectivity index (χ3n) is 1.95. The summed E-state index contributed by atoms with van der Waals surface area (Å²) in [6.45, 7) is 2.43. The van der Waals surface area contributed by atoms with Gasteiger partial charge in [-0.05, 0) is 13.0 Å². The maximum Gasteiger partial charge on any atom is 0.343 e. The number of carbonyl (C=O) groups is 1. The number of hydrogen-bond donors (Lipinski definition) is 0. The molecule has 0 bridgehead atoms. The minimum absolute atomic E-state index is 0.0301. The second kappa shape index (κ2) is 2.58. The molecule has 0 saturated carbocycles. The maximum absolute atomic E-state index is 12.6. The van der Waals surface area contributed by atoms with Crippen LogP contribution in [0.15, 0.2) is 24.2 Å². The SMILES string of the molecule is CC[N+]1(C)C=C(F)C=CC1=O. The number of allylic oxidation sites excluding steroid dienone is 2. The summed E-state index contributed by atoms with van der Waals surface area (Å²) >= 11 is 0. The van der Waals surface area contributed by atoms with Gasteiger partial charge < -0.3 is 0 Å². The van der Waals surface area contributed by atoms with E-state index in [0.29, 0.717) is 6.54 Å². The standard InChI is InChI=1S/C8H11FNO/c1-3-10(2)6-7(9)4-5-8(10)11/h4-6H,3H2,1-2H3/q+1. The number of hydrogen-bond acceptors (Lipinski definition) is 1. The van der Waals surface area contributed by atoms with Crippen molar-refractivity contribution in [2.24, 2.45) is 0 Å². The zero-order valence-corrected chi connectivity index (χ0v) is 6.67. The minimum Gasteiger partial charge on any atom is -0.231 e. The molecule has 1 heterocycles. The highest BCUT2D eigenvalue weighted by Crippen LogP contribution is 2.15. The van der Waals surface area contributed by atoms with Crippen LogP contribution in [0.4, 0.5) is 4.39 Å². The number of nitrogens with zero attached hydrogens (tertiary/aromatic N) is 1. The van der Waals surface area contributed by atoms with Crippen LogP contribution < -0.4 is 0 Å². The molecule has 60 valence electrons.